The number of nitrogens with two attached hydrogens (primary N) is 1. The first-order valence-electron chi connectivity index (χ1n) is 4.83. The van der Waals surface area contributed by atoms with E-state index in [4.69, 9.17) is 10.3 Å². The molecule has 2 N–H and O–H groups in total. The molecule has 1 aliphatic rings. The van der Waals surface area contributed by atoms with Gasteiger partial charge in [0.2, 0.25) is 5.89 Å². The zero-order valence-corrected chi connectivity index (χ0v) is 7.86. The molecule has 4 nitrogen and oxygen atoms in total. The molecule has 0 amide bonds. The Hall–Kier alpha value is -0.900. The minimum Gasteiger partial charge on any atom is -0.339 e. The third kappa shape index (κ3) is 1.72. The summed E-state index contributed by atoms with van der Waals surface area (Å²) in [6.07, 6.45) is 4.61. The molecule has 0 aromatic carbocycles. The van der Waals surface area contributed by atoms with E-state index in [0.29, 0.717) is 5.82 Å². The number of aryl methyl sites for hydroxylation is 1. The lowest BCUT2D eigenvalue weighted by Gasteiger charge is -2.25. The minimum absolute atomic E-state index is 0.202. The number of nitrogens with zero attached hydrogens (tertiary/aromatic N) is 2. The second-order valence-electron chi connectivity index (χ2n) is 3.73. The van der Waals surface area contributed by atoms with Crippen molar-refractivity contribution in [2.24, 2.45) is 5.73 Å². The Morgan fingerprint density at radius 1 is 1.38 bits per heavy atom. The average molecular weight is 181 g/mol. The zero-order valence-electron chi connectivity index (χ0n) is 7.86. The number of rotatable bonds is 1. The van der Waals surface area contributed by atoms with Gasteiger partial charge in [0.1, 0.15) is 0 Å². The van der Waals surface area contributed by atoms with Crippen LogP contribution in [-0.2, 0) is 0 Å². The first-order valence-corrected chi connectivity index (χ1v) is 4.83. The average Bonchev–Trinajstić information content (AvgIpc) is 2.53. The summed E-state index contributed by atoms with van der Waals surface area (Å²) in [5.74, 6) is 1.72. The molecule has 2 atom stereocenters. The van der Waals surface area contributed by atoms with Gasteiger partial charge in [0.15, 0.2) is 5.82 Å². The first kappa shape index (κ1) is 8.69. The number of aromatic nitrogens is 2. The quantitative estimate of drug-likeness (QED) is 0.710. The van der Waals surface area contributed by atoms with Gasteiger partial charge in [-0.2, -0.15) is 4.98 Å². The fourth-order valence-electron chi connectivity index (χ4n) is 1.93. The standard InChI is InChI=1S/C9H15N3O/c1-6-11-9(13-12-6)7-4-2-3-5-8(7)10/h7-8H,2-5,10H2,1H3/t7-,8-/m0/s1. The van der Waals surface area contributed by atoms with E-state index in [2.05, 4.69) is 10.1 Å². The van der Waals surface area contributed by atoms with Crippen LogP contribution in [0, 0.1) is 6.92 Å². The highest BCUT2D eigenvalue weighted by molar-refractivity contribution is 4.99. The molecule has 0 bridgehead atoms. The molecule has 1 aromatic rings. The smallest absolute Gasteiger partial charge is 0.231 e. The summed E-state index contributed by atoms with van der Waals surface area (Å²) >= 11 is 0. The minimum atomic E-state index is 0.202. The monoisotopic (exact) mass is 181 g/mol. The first-order chi connectivity index (χ1) is 6.27. The lowest BCUT2D eigenvalue weighted by molar-refractivity contribution is 0.289. The van der Waals surface area contributed by atoms with Gasteiger partial charge in [0.25, 0.3) is 0 Å². The van der Waals surface area contributed by atoms with Gasteiger partial charge in [-0.05, 0) is 19.8 Å². The molecule has 4 heteroatoms. The molecular weight excluding hydrogens is 166 g/mol. The topological polar surface area (TPSA) is 64.9 Å². The van der Waals surface area contributed by atoms with Crippen molar-refractivity contribution in [1.29, 1.82) is 0 Å². The Labute approximate surface area is 77.5 Å². The van der Waals surface area contributed by atoms with E-state index in [9.17, 15) is 0 Å². The Bertz CT molecular complexity index is 284. The van der Waals surface area contributed by atoms with Crippen LogP contribution in [0.1, 0.15) is 43.3 Å². The molecule has 1 saturated carbocycles. The summed E-state index contributed by atoms with van der Waals surface area (Å²) in [6.45, 7) is 1.83. The van der Waals surface area contributed by atoms with Crippen LogP contribution in [0.4, 0.5) is 0 Å². The molecule has 0 spiro atoms. The molecule has 13 heavy (non-hydrogen) atoms. The van der Waals surface area contributed by atoms with E-state index in [1.54, 1.807) is 0 Å². The lowest BCUT2D eigenvalue weighted by Crippen LogP contribution is -2.31. The molecule has 1 heterocycles. The molecule has 0 aliphatic heterocycles. The highest BCUT2D eigenvalue weighted by atomic mass is 16.5. The SMILES string of the molecule is Cc1noc([C@H]2CCCC[C@@H]2N)n1. The zero-order chi connectivity index (χ0) is 9.26. The molecule has 0 radical (unpaired) electrons. The van der Waals surface area contributed by atoms with E-state index in [1.165, 1.54) is 12.8 Å². The van der Waals surface area contributed by atoms with Gasteiger partial charge in [-0.3, -0.25) is 0 Å². The van der Waals surface area contributed by atoms with Gasteiger partial charge >= 0.3 is 0 Å². The Morgan fingerprint density at radius 2 is 2.15 bits per heavy atom. The van der Waals surface area contributed by atoms with E-state index >= 15 is 0 Å². The van der Waals surface area contributed by atoms with Crippen LogP contribution in [0.5, 0.6) is 0 Å². The van der Waals surface area contributed by atoms with Crippen LogP contribution in [0.15, 0.2) is 4.52 Å². The van der Waals surface area contributed by atoms with Crippen LogP contribution < -0.4 is 5.73 Å². The van der Waals surface area contributed by atoms with Crippen LogP contribution in [0.2, 0.25) is 0 Å². The molecule has 1 aromatic heterocycles. The van der Waals surface area contributed by atoms with Gasteiger partial charge in [-0.1, -0.05) is 18.0 Å². The van der Waals surface area contributed by atoms with Crippen molar-refractivity contribution in [3.63, 3.8) is 0 Å². The molecular formula is C9H15N3O. The van der Waals surface area contributed by atoms with Crippen molar-refractivity contribution in [3.05, 3.63) is 11.7 Å². The lowest BCUT2D eigenvalue weighted by atomic mass is 9.85. The molecule has 1 fully saturated rings. The fraction of sp³-hybridized carbons (Fsp3) is 0.778. The Balaban J connectivity index is 2.14. The third-order valence-corrected chi connectivity index (χ3v) is 2.68. The molecule has 1 aliphatic carbocycles. The van der Waals surface area contributed by atoms with E-state index in [0.717, 1.165) is 18.7 Å². The van der Waals surface area contributed by atoms with Crippen molar-refractivity contribution in [3.8, 4) is 0 Å². The van der Waals surface area contributed by atoms with Crippen LogP contribution >= 0.6 is 0 Å². The summed E-state index contributed by atoms with van der Waals surface area (Å²) in [5, 5.41) is 3.78. The summed E-state index contributed by atoms with van der Waals surface area (Å²) in [4.78, 5) is 4.23. The molecule has 2 rings (SSSR count). The predicted octanol–water partition coefficient (Wildman–Crippen LogP) is 1.36. The second-order valence-corrected chi connectivity index (χ2v) is 3.73. The van der Waals surface area contributed by atoms with Crippen LogP contribution in [0.25, 0.3) is 0 Å². The molecule has 72 valence electrons. The largest absolute Gasteiger partial charge is 0.339 e. The second kappa shape index (κ2) is 3.46. The van der Waals surface area contributed by atoms with E-state index in [-0.39, 0.29) is 12.0 Å². The Kier molecular flexibility index (Phi) is 2.31. The summed E-state index contributed by atoms with van der Waals surface area (Å²) in [6, 6.07) is 0.202. The van der Waals surface area contributed by atoms with Gasteiger partial charge in [-0.25, -0.2) is 0 Å². The normalized spacial score (nSPS) is 29.1. The van der Waals surface area contributed by atoms with Crippen molar-refractivity contribution >= 4 is 0 Å². The van der Waals surface area contributed by atoms with Gasteiger partial charge in [-0.15, -0.1) is 0 Å². The van der Waals surface area contributed by atoms with Crippen molar-refractivity contribution in [2.45, 2.75) is 44.6 Å². The van der Waals surface area contributed by atoms with Crippen molar-refractivity contribution < 1.29 is 4.52 Å². The van der Waals surface area contributed by atoms with Crippen LogP contribution in [0.3, 0.4) is 0 Å². The summed E-state index contributed by atoms with van der Waals surface area (Å²) in [7, 11) is 0. The van der Waals surface area contributed by atoms with E-state index < -0.39 is 0 Å². The molecule has 0 unspecified atom stereocenters. The summed E-state index contributed by atoms with van der Waals surface area (Å²) < 4.78 is 5.13. The Morgan fingerprint density at radius 3 is 2.77 bits per heavy atom. The van der Waals surface area contributed by atoms with Gasteiger partial charge in [0.05, 0.1) is 5.92 Å². The maximum atomic E-state index is 5.99. The van der Waals surface area contributed by atoms with E-state index in [1.807, 2.05) is 6.92 Å². The van der Waals surface area contributed by atoms with Crippen molar-refractivity contribution in [1.82, 2.24) is 10.1 Å². The number of hydrogen-bond acceptors (Lipinski definition) is 4. The predicted molar refractivity (Wildman–Crippen MR) is 48.2 cm³/mol. The highest BCUT2D eigenvalue weighted by Crippen LogP contribution is 2.30. The molecule has 0 saturated heterocycles. The van der Waals surface area contributed by atoms with Gasteiger partial charge < -0.3 is 10.3 Å². The summed E-state index contributed by atoms with van der Waals surface area (Å²) in [5.41, 5.74) is 5.99. The fourth-order valence-corrected chi connectivity index (χ4v) is 1.93. The van der Waals surface area contributed by atoms with Gasteiger partial charge in [0, 0.05) is 6.04 Å². The van der Waals surface area contributed by atoms with Crippen molar-refractivity contribution in [2.75, 3.05) is 0 Å². The van der Waals surface area contributed by atoms with Crippen LogP contribution in [-0.4, -0.2) is 16.2 Å². The maximum Gasteiger partial charge on any atom is 0.231 e. The highest BCUT2D eigenvalue weighted by Gasteiger charge is 2.27. The maximum absolute atomic E-state index is 5.99. The third-order valence-electron chi connectivity index (χ3n) is 2.68. The number of hydrogen-bond donors (Lipinski definition) is 1.